The first-order valence-electron chi connectivity index (χ1n) is 5.85. The number of terminal acetylenes is 1. The lowest BCUT2D eigenvalue weighted by molar-refractivity contribution is 0.0935. The number of nitrogens with two attached hydrogens (primary N) is 1. The molecule has 0 aliphatic carbocycles. The molecule has 0 radical (unpaired) electrons. The number of nitrogens with zero attached hydrogens (tertiary/aromatic N) is 1. The fourth-order valence-corrected chi connectivity index (χ4v) is 1.64. The topological polar surface area (TPSA) is 60.1 Å². The Hall–Kier alpha value is -1.89. The predicted molar refractivity (Wildman–Crippen MR) is 69.5 cm³/mol. The number of rotatable bonds is 5. The molecule has 0 aliphatic rings. The summed E-state index contributed by atoms with van der Waals surface area (Å²) < 4.78 is 1.86. The van der Waals surface area contributed by atoms with Crippen molar-refractivity contribution in [3.8, 4) is 12.3 Å². The Morgan fingerprint density at radius 2 is 2.35 bits per heavy atom. The third-order valence-electron chi connectivity index (χ3n) is 2.53. The van der Waals surface area contributed by atoms with Gasteiger partial charge in [0.25, 0.3) is 5.91 Å². The maximum absolute atomic E-state index is 12.0. The normalized spacial score (nSPS) is 11.8. The van der Waals surface area contributed by atoms with Gasteiger partial charge in [-0.25, -0.2) is 0 Å². The summed E-state index contributed by atoms with van der Waals surface area (Å²) in [5.74, 6) is 2.37. The molecule has 1 amide bonds. The fraction of sp³-hybridized carbons (Fsp3) is 0.462. The summed E-state index contributed by atoms with van der Waals surface area (Å²) in [5, 5.41) is 2.79. The smallest absolute Gasteiger partial charge is 0.268 e. The summed E-state index contributed by atoms with van der Waals surface area (Å²) in [5.41, 5.74) is 6.86. The minimum atomic E-state index is -0.228. The van der Waals surface area contributed by atoms with E-state index in [0.717, 1.165) is 13.0 Å². The molecule has 0 bridgehead atoms. The van der Waals surface area contributed by atoms with Crippen molar-refractivity contribution in [3.63, 3.8) is 0 Å². The van der Waals surface area contributed by atoms with Crippen molar-refractivity contribution in [3.05, 3.63) is 18.0 Å². The number of hydrogen-bond acceptors (Lipinski definition) is 2. The quantitative estimate of drug-likeness (QED) is 0.759. The van der Waals surface area contributed by atoms with Crippen LogP contribution < -0.4 is 11.1 Å². The lowest BCUT2D eigenvalue weighted by Crippen LogP contribution is -2.34. The van der Waals surface area contributed by atoms with Gasteiger partial charge in [0.15, 0.2) is 0 Å². The molecule has 1 heterocycles. The Balaban J connectivity index is 2.84. The second-order valence-electron chi connectivity index (χ2n) is 3.95. The van der Waals surface area contributed by atoms with E-state index >= 15 is 0 Å². The highest BCUT2D eigenvalue weighted by Gasteiger charge is 2.14. The van der Waals surface area contributed by atoms with Gasteiger partial charge >= 0.3 is 0 Å². The molecular formula is C13H19N3O. The van der Waals surface area contributed by atoms with Crippen molar-refractivity contribution >= 4 is 11.6 Å². The molecule has 1 rings (SSSR count). The van der Waals surface area contributed by atoms with Crippen LogP contribution in [0, 0.1) is 12.3 Å². The highest BCUT2D eigenvalue weighted by atomic mass is 16.2. The summed E-state index contributed by atoms with van der Waals surface area (Å²) in [6, 6.07) is 1.45. The number of carbonyl (C=O) groups is 1. The number of aryl methyl sites for hydroxylation is 1. The molecule has 0 spiro atoms. The number of aromatic nitrogens is 1. The Bertz CT molecular complexity index is 428. The summed E-state index contributed by atoms with van der Waals surface area (Å²) in [7, 11) is 0. The molecule has 0 aromatic carbocycles. The first kappa shape index (κ1) is 13.2. The van der Waals surface area contributed by atoms with E-state index in [0.29, 0.717) is 17.8 Å². The summed E-state index contributed by atoms with van der Waals surface area (Å²) in [4.78, 5) is 12.0. The van der Waals surface area contributed by atoms with Gasteiger partial charge in [0, 0.05) is 12.7 Å². The second-order valence-corrected chi connectivity index (χ2v) is 3.95. The summed E-state index contributed by atoms with van der Waals surface area (Å²) >= 11 is 0. The van der Waals surface area contributed by atoms with E-state index in [2.05, 4.69) is 11.2 Å². The van der Waals surface area contributed by atoms with Crippen LogP contribution in [0.15, 0.2) is 12.3 Å². The van der Waals surface area contributed by atoms with E-state index in [4.69, 9.17) is 12.2 Å². The molecule has 1 atom stereocenters. The molecule has 3 N–H and O–H groups in total. The molecule has 4 heteroatoms. The molecule has 0 fully saturated rings. The average Bonchev–Trinajstić information content (AvgIpc) is 2.67. The Morgan fingerprint density at radius 1 is 1.65 bits per heavy atom. The Labute approximate surface area is 102 Å². The first-order valence-corrected chi connectivity index (χ1v) is 5.85. The van der Waals surface area contributed by atoms with Crippen molar-refractivity contribution < 1.29 is 4.79 Å². The lowest BCUT2D eigenvalue weighted by atomic mass is 10.2. The van der Waals surface area contributed by atoms with Crippen LogP contribution in [0.2, 0.25) is 0 Å². The van der Waals surface area contributed by atoms with Crippen LogP contribution in [0.3, 0.4) is 0 Å². The Morgan fingerprint density at radius 3 is 2.88 bits per heavy atom. The van der Waals surface area contributed by atoms with Gasteiger partial charge in [-0.05, 0) is 18.9 Å². The number of hydrogen-bond donors (Lipinski definition) is 2. The molecule has 4 nitrogen and oxygen atoms in total. The van der Waals surface area contributed by atoms with Crippen LogP contribution >= 0.6 is 0 Å². The van der Waals surface area contributed by atoms with Crippen molar-refractivity contribution in [2.24, 2.45) is 0 Å². The molecule has 0 saturated heterocycles. The third-order valence-corrected chi connectivity index (χ3v) is 2.53. The monoisotopic (exact) mass is 233 g/mol. The number of amides is 1. The van der Waals surface area contributed by atoms with Crippen molar-refractivity contribution in [2.45, 2.75) is 39.3 Å². The Kier molecular flexibility index (Phi) is 4.65. The van der Waals surface area contributed by atoms with Crippen molar-refractivity contribution in [2.75, 3.05) is 5.73 Å². The van der Waals surface area contributed by atoms with Gasteiger partial charge in [0.05, 0.1) is 11.7 Å². The number of nitrogen functional groups attached to an aromatic ring is 1. The SMILES string of the molecule is C#CC(CC)NC(=O)c1cc(N)cn1CCC. The van der Waals surface area contributed by atoms with Gasteiger partial charge in [-0.2, -0.15) is 0 Å². The molecule has 17 heavy (non-hydrogen) atoms. The molecular weight excluding hydrogens is 214 g/mol. The standard InChI is InChI=1S/C13H19N3O/c1-4-7-16-9-10(14)8-12(16)13(17)15-11(5-2)6-3/h2,8-9,11H,4,6-7,14H2,1,3H3,(H,15,17). The van der Waals surface area contributed by atoms with E-state index in [1.807, 2.05) is 18.4 Å². The van der Waals surface area contributed by atoms with Crippen LogP contribution in [0.4, 0.5) is 5.69 Å². The lowest BCUT2D eigenvalue weighted by Gasteiger charge is -2.12. The van der Waals surface area contributed by atoms with E-state index in [1.54, 1.807) is 12.3 Å². The van der Waals surface area contributed by atoms with E-state index < -0.39 is 0 Å². The number of anilines is 1. The molecule has 1 aromatic rings. The third kappa shape index (κ3) is 3.28. The zero-order chi connectivity index (χ0) is 12.8. The zero-order valence-corrected chi connectivity index (χ0v) is 10.4. The second kappa shape index (κ2) is 6.00. The van der Waals surface area contributed by atoms with E-state index in [1.165, 1.54) is 0 Å². The maximum atomic E-state index is 12.0. The van der Waals surface area contributed by atoms with Gasteiger partial charge < -0.3 is 15.6 Å². The average molecular weight is 233 g/mol. The summed E-state index contributed by atoms with van der Waals surface area (Å²) in [6.45, 7) is 4.76. The first-order chi connectivity index (χ1) is 8.12. The summed E-state index contributed by atoms with van der Waals surface area (Å²) in [6.07, 6.45) is 8.75. The van der Waals surface area contributed by atoms with Crippen LogP contribution in [-0.4, -0.2) is 16.5 Å². The van der Waals surface area contributed by atoms with Crippen LogP contribution in [-0.2, 0) is 6.54 Å². The van der Waals surface area contributed by atoms with Crippen molar-refractivity contribution in [1.29, 1.82) is 0 Å². The van der Waals surface area contributed by atoms with Gasteiger partial charge in [-0.1, -0.05) is 19.8 Å². The van der Waals surface area contributed by atoms with E-state index in [9.17, 15) is 4.79 Å². The highest BCUT2D eigenvalue weighted by molar-refractivity contribution is 5.94. The molecule has 0 saturated carbocycles. The highest BCUT2D eigenvalue weighted by Crippen LogP contribution is 2.11. The minimum Gasteiger partial charge on any atom is -0.397 e. The zero-order valence-electron chi connectivity index (χ0n) is 10.4. The number of carbonyl (C=O) groups excluding carboxylic acids is 1. The van der Waals surface area contributed by atoms with Crippen molar-refractivity contribution in [1.82, 2.24) is 9.88 Å². The largest absolute Gasteiger partial charge is 0.397 e. The van der Waals surface area contributed by atoms with Gasteiger partial charge in [0.2, 0.25) is 0 Å². The minimum absolute atomic E-state index is 0.167. The van der Waals surface area contributed by atoms with Crippen LogP contribution in [0.25, 0.3) is 0 Å². The van der Waals surface area contributed by atoms with Crippen LogP contribution in [0.5, 0.6) is 0 Å². The number of nitrogens with one attached hydrogen (secondary N) is 1. The fourth-order valence-electron chi connectivity index (χ4n) is 1.64. The molecule has 92 valence electrons. The molecule has 1 unspecified atom stereocenters. The molecule has 0 aliphatic heterocycles. The van der Waals surface area contributed by atoms with Crippen LogP contribution in [0.1, 0.15) is 37.2 Å². The van der Waals surface area contributed by atoms with Gasteiger partial charge in [-0.15, -0.1) is 6.42 Å². The predicted octanol–water partition coefficient (Wildman–Crippen LogP) is 1.62. The van der Waals surface area contributed by atoms with E-state index in [-0.39, 0.29) is 11.9 Å². The van der Waals surface area contributed by atoms with Gasteiger partial charge in [-0.3, -0.25) is 4.79 Å². The maximum Gasteiger partial charge on any atom is 0.268 e. The van der Waals surface area contributed by atoms with Gasteiger partial charge in [0.1, 0.15) is 5.69 Å². The molecule has 1 aromatic heterocycles.